The van der Waals surface area contributed by atoms with E-state index in [-0.39, 0.29) is 18.5 Å². The molecular formula is C12H17BrN2O3S2. The van der Waals surface area contributed by atoms with E-state index in [1.807, 2.05) is 6.07 Å². The van der Waals surface area contributed by atoms with Crippen molar-refractivity contribution in [1.82, 2.24) is 9.62 Å². The number of hydrogen-bond acceptors (Lipinski definition) is 4. The molecule has 2 rings (SSSR count). The molecule has 1 aliphatic rings. The number of amides is 1. The van der Waals surface area contributed by atoms with Crippen LogP contribution in [-0.2, 0) is 10.0 Å². The van der Waals surface area contributed by atoms with Gasteiger partial charge in [0.2, 0.25) is 10.0 Å². The molecular weight excluding hydrogens is 364 g/mol. The van der Waals surface area contributed by atoms with Gasteiger partial charge in [-0.05, 0) is 47.3 Å². The summed E-state index contributed by atoms with van der Waals surface area (Å²) in [6.07, 6.45) is 3.96. The Balaban J connectivity index is 2.08. The standard InChI is InChI=1S/C12H17BrN2O3S2/c1-20(17,18)14-8-9-4-2-3-7-15(9)12(16)10-5-6-11(13)19-10/h5-6,9,14H,2-4,7-8H2,1H3/t9-/m0/s1. The maximum atomic E-state index is 12.5. The molecule has 20 heavy (non-hydrogen) atoms. The molecule has 0 spiro atoms. The highest BCUT2D eigenvalue weighted by molar-refractivity contribution is 9.11. The maximum absolute atomic E-state index is 12.5. The zero-order chi connectivity index (χ0) is 14.8. The van der Waals surface area contributed by atoms with Gasteiger partial charge < -0.3 is 4.90 Å². The van der Waals surface area contributed by atoms with E-state index in [1.54, 1.807) is 11.0 Å². The van der Waals surface area contributed by atoms with Gasteiger partial charge in [-0.15, -0.1) is 11.3 Å². The largest absolute Gasteiger partial charge is 0.334 e. The zero-order valence-corrected chi connectivity index (χ0v) is 14.4. The molecule has 0 saturated carbocycles. The van der Waals surface area contributed by atoms with Gasteiger partial charge in [0.05, 0.1) is 14.9 Å². The Hall–Kier alpha value is -0.440. The number of nitrogens with zero attached hydrogens (tertiary/aromatic N) is 1. The van der Waals surface area contributed by atoms with Crippen LogP contribution >= 0.6 is 27.3 Å². The molecule has 2 heterocycles. The van der Waals surface area contributed by atoms with Crippen molar-refractivity contribution in [3.63, 3.8) is 0 Å². The van der Waals surface area contributed by atoms with E-state index < -0.39 is 10.0 Å². The minimum atomic E-state index is -3.23. The molecule has 0 radical (unpaired) electrons. The van der Waals surface area contributed by atoms with Crippen molar-refractivity contribution in [2.24, 2.45) is 0 Å². The van der Waals surface area contributed by atoms with Crippen LogP contribution in [0.4, 0.5) is 0 Å². The van der Waals surface area contributed by atoms with Crippen LogP contribution in [-0.4, -0.2) is 44.6 Å². The molecule has 1 saturated heterocycles. The van der Waals surface area contributed by atoms with E-state index in [1.165, 1.54) is 11.3 Å². The second-order valence-electron chi connectivity index (χ2n) is 4.87. The number of likely N-dealkylation sites (tertiary alicyclic amines) is 1. The zero-order valence-electron chi connectivity index (χ0n) is 11.1. The van der Waals surface area contributed by atoms with E-state index in [9.17, 15) is 13.2 Å². The first-order chi connectivity index (χ1) is 9.37. The molecule has 1 fully saturated rings. The molecule has 1 N–H and O–H groups in total. The lowest BCUT2D eigenvalue weighted by Crippen LogP contribution is -2.49. The number of hydrogen-bond donors (Lipinski definition) is 1. The third-order valence-electron chi connectivity index (χ3n) is 3.25. The number of sulfonamides is 1. The summed E-state index contributed by atoms with van der Waals surface area (Å²) in [5, 5.41) is 0. The van der Waals surface area contributed by atoms with Crippen molar-refractivity contribution in [3.8, 4) is 0 Å². The van der Waals surface area contributed by atoms with Gasteiger partial charge >= 0.3 is 0 Å². The highest BCUT2D eigenvalue weighted by Crippen LogP contribution is 2.26. The average molecular weight is 381 g/mol. The Bertz CT molecular complexity index is 585. The van der Waals surface area contributed by atoms with Crippen molar-refractivity contribution in [1.29, 1.82) is 0 Å². The van der Waals surface area contributed by atoms with E-state index >= 15 is 0 Å². The molecule has 0 bridgehead atoms. The Labute approximate surface area is 131 Å². The molecule has 1 amide bonds. The molecule has 1 aliphatic heterocycles. The van der Waals surface area contributed by atoms with Gasteiger partial charge in [0, 0.05) is 19.1 Å². The summed E-state index contributed by atoms with van der Waals surface area (Å²) < 4.78 is 25.8. The molecule has 1 atom stereocenters. The maximum Gasteiger partial charge on any atom is 0.264 e. The first kappa shape index (κ1) is 15.9. The number of thiophene rings is 1. The van der Waals surface area contributed by atoms with Crippen LogP contribution in [0.5, 0.6) is 0 Å². The molecule has 112 valence electrons. The van der Waals surface area contributed by atoms with Crippen molar-refractivity contribution in [2.45, 2.75) is 25.3 Å². The van der Waals surface area contributed by atoms with Crippen LogP contribution in [0.25, 0.3) is 0 Å². The average Bonchev–Trinajstić information content (AvgIpc) is 2.82. The van der Waals surface area contributed by atoms with E-state index in [0.717, 1.165) is 29.3 Å². The molecule has 5 nitrogen and oxygen atoms in total. The fourth-order valence-corrected chi connectivity index (χ4v) is 4.14. The minimum Gasteiger partial charge on any atom is -0.334 e. The first-order valence-electron chi connectivity index (χ1n) is 6.38. The van der Waals surface area contributed by atoms with Crippen molar-refractivity contribution >= 4 is 43.2 Å². The first-order valence-corrected chi connectivity index (χ1v) is 9.88. The van der Waals surface area contributed by atoms with Crippen LogP contribution in [0, 0.1) is 0 Å². The predicted molar refractivity (Wildman–Crippen MR) is 83.5 cm³/mol. The third-order valence-corrected chi connectivity index (χ3v) is 5.56. The number of nitrogens with one attached hydrogen (secondary N) is 1. The summed E-state index contributed by atoms with van der Waals surface area (Å²) in [5.74, 6) is -0.0132. The lowest BCUT2D eigenvalue weighted by molar-refractivity contribution is 0.0624. The van der Waals surface area contributed by atoms with Gasteiger partial charge in [0.25, 0.3) is 5.91 Å². The quantitative estimate of drug-likeness (QED) is 0.868. The van der Waals surface area contributed by atoms with Crippen LogP contribution in [0.2, 0.25) is 0 Å². The molecule has 8 heteroatoms. The number of piperidine rings is 1. The lowest BCUT2D eigenvalue weighted by Gasteiger charge is -2.35. The Kier molecular flexibility index (Phi) is 5.22. The second kappa shape index (κ2) is 6.55. The van der Waals surface area contributed by atoms with Gasteiger partial charge in [-0.3, -0.25) is 4.79 Å². The van der Waals surface area contributed by atoms with Crippen LogP contribution in [0.3, 0.4) is 0 Å². The monoisotopic (exact) mass is 380 g/mol. The SMILES string of the molecule is CS(=O)(=O)NC[C@@H]1CCCCN1C(=O)c1ccc(Br)s1. The minimum absolute atomic E-state index is 0.0132. The third kappa shape index (κ3) is 4.28. The van der Waals surface area contributed by atoms with Gasteiger partial charge in [-0.2, -0.15) is 0 Å². The summed E-state index contributed by atoms with van der Waals surface area (Å²) in [6, 6.07) is 3.59. The molecule has 0 aromatic carbocycles. The highest BCUT2D eigenvalue weighted by Gasteiger charge is 2.28. The fraction of sp³-hybridized carbons (Fsp3) is 0.583. The number of carbonyl (C=O) groups is 1. The fourth-order valence-electron chi connectivity index (χ4n) is 2.30. The summed E-state index contributed by atoms with van der Waals surface area (Å²) >= 11 is 4.75. The molecule has 1 aromatic heterocycles. The smallest absolute Gasteiger partial charge is 0.264 e. The highest BCUT2D eigenvalue weighted by atomic mass is 79.9. The normalized spacial score (nSPS) is 20.1. The molecule has 0 unspecified atom stereocenters. The van der Waals surface area contributed by atoms with Crippen molar-refractivity contribution in [3.05, 3.63) is 20.8 Å². The van der Waals surface area contributed by atoms with Crippen LogP contribution < -0.4 is 4.72 Å². The van der Waals surface area contributed by atoms with Crippen molar-refractivity contribution < 1.29 is 13.2 Å². The summed E-state index contributed by atoms with van der Waals surface area (Å²) in [4.78, 5) is 15.0. The van der Waals surface area contributed by atoms with Gasteiger partial charge in [-0.1, -0.05) is 0 Å². The number of halogens is 1. The second-order valence-corrected chi connectivity index (χ2v) is 9.17. The van der Waals surface area contributed by atoms with Gasteiger partial charge in [0.1, 0.15) is 0 Å². The summed E-state index contributed by atoms with van der Waals surface area (Å²) in [7, 11) is -3.23. The molecule has 1 aromatic rings. The Morgan fingerprint density at radius 1 is 1.50 bits per heavy atom. The Morgan fingerprint density at radius 2 is 2.25 bits per heavy atom. The summed E-state index contributed by atoms with van der Waals surface area (Å²) in [5.41, 5.74) is 0. The van der Waals surface area contributed by atoms with Crippen LogP contribution in [0.15, 0.2) is 15.9 Å². The van der Waals surface area contributed by atoms with Gasteiger partial charge in [0.15, 0.2) is 0 Å². The van der Waals surface area contributed by atoms with Crippen molar-refractivity contribution in [2.75, 3.05) is 19.3 Å². The lowest BCUT2D eigenvalue weighted by atomic mass is 10.0. The summed E-state index contributed by atoms with van der Waals surface area (Å²) in [6.45, 7) is 0.974. The molecule has 0 aliphatic carbocycles. The number of rotatable bonds is 4. The topological polar surface area (TPSA) is 66.5 Å². The number of carbonyl (C=O) groups excluding carboxylic acids is 1. The Morgan fingerprint density at radius 3 is 2.85 bits per heavy atom. The predicted octanol–water partition coefficient (Wildman–Crippen LogP) is 2.05. The van der Waals surface area contributed by atoms with Gasteiger partial charge in [-0.25, -0.2) is 13.1 Å². The van der Waals surface area contributed by atoms with E-state index in [2.05, 4.69) is 20.7 Å². The van der Waals surface area contributed by atoms with E-state index in [4.69, 9.17) is 0 Å². The van der Waals surface area contributed by atoms with Crippen LogP contribution in [0.1, 0.15) is 28.9 Å². The van der Waals surface area contributed by atoms with E-state index in [0.29, 0.717) is 11.4 Å².